The molecular weight excluding hydrogens is 376 g/mol. The average Bonchev–Trinajstić information content (AvgIpc) is 3.37. The molecule has 0 unspecified atom stereocenters. The van der Waals surface area contributed by atoms with E-state index in [9.17, 15) is 0 Å². The van der Waals surface area contributed by atoms with Gasteiger partial charge in [-0.3, -0.25) is 0 Å². The van der Waals surface area contributed by atoms with E-state index in [1.54, 1.807) is 14.2 Å². The standard InChI is InChI=1S/C24H26N4O2/c1-16-26-23(20-13-25-15-27(20)14-17-7-5-4-6-8-17)24-19-12-22(30-3)21(29-2)11-18(19)9-10-28(16)24/h4-5,7,11-13,15H,6,8-10,14H2,1-3H3. The normalized spacial score (nSPS) is 14.8. The number of ether oxygens (including phenoxy) is 2. The second kappa shape index (κ2) is 7.52. The zero-order chi connectivity index (χ0) is 20.7. The topological polar surface area (TPSA) is 54.1 Å². The number of rotatable bonds is 5. The Balaban J connectivity index is 1.64. The van der Waals surface area contributed by atoms with Crippen molar-refractivity contribution in [2.45, 2.75) is 39.3 Å². The van der Waals surface area contributed by atoms with Gasteiger partial charge in [-0.1, -0.05) is 23.8 Å². The molecular formula is C24H26N4O2. The third kappa shape index (κ3) is 3.03. The molecule has 3 heterocycles. The molecule has 5 rings (SSSR count). The maximum atomic E-state index is 5.59. The lowest BCUT2D eigenvalue weighted by Gasteiger charge is -2.23. The number of aromatic nitrogens is 4. The third-order valence-electron chi connectivity index (χ3n) is 6.06. The summed E-state index contributed by atoms with van der Waals surface area (Å²) in [5.74, 6) is 2.53. The molecule has 0 fully saturated rings. The van der Waals surface area contributed by atoms with E-state index in [2.05, 4.69) is 51.4 Å². The molecule has 0 amide bonds. The molecule has 0 radical (unpaired) electrons. The fourth-order valence-corrected chi connectivity index (χ4v) is 4.52. The monoisotopic (exact) mass is 402 g/mol. The number of hydrogen-bond acceptors (Lipinski definition) is 4. The molecule has 2 aromatic heterocycles. The Labute approximate surface area is 176 Å². The van der Waals surface area contributed by atoms with Crippen molar-refractivity contribution < 1.29 is 9.47 Å². The number of nitrogens with zero attached hydrogens (tertiary/aromatic N) is 4. The lowest BCUT2D eigenvalue weighted by molar-refractivity contribution is 0.354. The molecule has 2 aliphatic rings. The minimum Gasteiger partial charge on any atom is -0.493 e. The van der Waals surface area contributed by atoms with Gasteiger partial charge in [0.25, 0.3) is 0 Å². The number of fused-ring (bicyclic) bond motifs is 3. The largest absolute Gasteiger partial charge is 0.493 e. The molecule has 3 aromatic rings. The highest BCUT2D eigenvalue weighted by molar-refractivity contribution is 5.82. The molecule has 6 heteroatoms. The molecule has 1 aliphatic carbocycles. The molecule has 30 heavy (non-hydrogen) atoms. The number of hydrogen-bond donors (Lipinski definition) is 0. The van der Waals surface area contributed by atoms with Crippen LogP contribution in [-0.4, -0.2) is 33.3 Å². The number of methoxy groups -OCH3 is 2. The molecule has 1 aromatic carbocycles. The SMILES string of the molecule is COc1cc2c(cc1OC)-c1c(-c3cncn3CC3=CC=CCC3)nc(C)n1CC2. The number of benzene rings is 1. The zero-order valence-electron chi connectivity index (χ0n) is 17.7. The van der Waals surface area contributed by atoms with Crippen molar-refractivity contribution in [3.05, 3.63) is 59.8 Å². The van der Waals surface area contributed by atoms with E-state index in [4.69, 9.17) is 14.5 Å². The van der Waals surface area contributed by atoms with Crippen LogP contribution >= 0.6 is 0 Å². The van der Waals surface area contributed by atoms with Crippen LogP contribution < -0.4 is 9.47 Å². The van der Waals surface area contributed by atoms with Crippen LogP contribution in [-0.2, 0) is 19.5 Å². The summed E-state index contributed by atoms with van der Waals surface area (Å²) in [4.78, 5) is 9.45. The van der Waals surface area contributed by atoms with Crippen LogP contribution in [0.5, 0.6) is 11.5 Å². The number of aryl methyl sites for hydroxylation is 2. The molecule has 0 bridgehead atoms. The zero-order valence-corrected chi connectivity index (χ0v) is 17.7. The van der Waals surface area contributed by atoms with E-state index in [-0.39, 0.29) is 0 Å². The van der Waals surface area contributed by atoms with Crippen molar-refractivity contribution in [2.75, 3.05) is 14.2 Å². The Morgan fingerprint density at radius 2 is 1.93 bits per heavy atom. The van der Waals surface area contributed by atoms with E-state index in [0.29, 0.717) is 0 Å². The lowest BCUT2D eigenvalue weighted by atomic mass is 9.95. The first-order valence-electron chi connectivity index (χ1n) is 10.4. The van der Waals surface area contributed by atoms with Gasteiger partial charge in [0.2, 0.25) is 0 Å². The van der Waals surface area contributed by atoms with Crippen molar-refractivity contribution >= 4 is 0 Å². The fourth-order valence-electron chi connectivity index (χ4n) is 4.52. The highest BCUT2D eigenvalue weighted by Gasteiger charge is 2.27. The van der Waals surface area contributed by atoms with E-state index in [1.807, 2.05) is 12.5 Å². The Hall–Kier alpha value is -3.28. The van der Waals surface area contributed by atoms with E-state index in [1.165, 1.54) is 11.1 Å². The van der Waals surface area contributed by atoms with Crippen LogP contribution in [0, 0.1) is 6.92 Å². The van der Waals surface area contributed by atoms with Crippen LogP contribution in [0.15, 0.2) is 48.5 Å². The average molecular weight is 402 g/mol. The van der Waals surface area contributed by atoms with Crippen LogP contribution in [0.1, 0.15) is 24.2 Å². The van der Waals surface area contributed by atoms with Gasteiger partial charge in [0.15, 0.2) is 11.5 Å². The number of allylic oxidation sites excluding steroid dienone is 4. The van der Waals surface area contributed by atoms with E-state index in [0.717, 1.165) is 72.3 Å². The second-order valence-electron chi connectivity index (χ2n) is 7.82. The highest BCUT2D eigenvalue weighted by Crippen LogP contribution is 2.42. The predicted molar refractivity (Wildman–Crippen MR) is 117 cm³/mol. The molecule has 0 saturated carbocycles. The van der Waals surface area contributed by atoms with Gasteiger partial charge in [0.1, 0.15) is 11.5 Å². The molecule has 0 saturated heterocycles. The molecule has 154 valence electrons. The smallest absolute Gasteiger partial charge is 0.161 e. The van der Waals surface area contributed by atoms with Crippen molar-refractivity contribution in [3.63, 3.8) is 0 Å². The Kier molecular flexibility index (Phi) is 4.69. The predicted octanol–water partition coefficient (Wildman–Crippen LogP) is 4.57. The minimum atomic E-state index is 0.738. The van der Waals surface area contributed by atoms with Crippen molar-refractivity contribution in [1.29, 1.82) is 0 Å². The van der Waals surface area contributed by atoms with Crippen molar-refractivity contribution in [2.24, 2.45) is 0 Å². The molecule has 1 aliphatic heterocycles. The molecule has 0 atom stereocenters. The first-order chi connectivity index (χ1) is 14.7. The molecule has 0 spiro atoms. The highest BCUT2D eigenvalue weighted by atomic mass is 16.5. The van der Waals surface area contributed by atoms with Crippen molar-refractivity contribution in [1.82, 2.24) is 19.1 Å². The van der Waals surface area contributed by atoms with Gasteiger partial charge in [0.05, 0.1) is 38.1 Å². The summed E-state index contributed by atoms with van der Waals surface area (Å²) in [5, 5.41) is 0. The van der Waals surface area contributed by atoms with Crippen LogP contribution in [0.25, 0.3) is 22.6 Å². The summed E-state index contributed by atoms with van der Waals surface area (Å²) < 4.78 is 15.6. The van der Waals surface area contributed by atoms with Gasteiger partial charge in [-0.25, -0.2) is 9.97 Å². The first kappa shape index (κ1) is 18.7. The van der Waals surface area contributed by atoms with Gasteiger partial charge in [-0.2, -0.15) is 0 Å². The molecule has 0 N–H and O–H groups in total. The lowest BCUT2D eigenvalue weighted by Crippen LogP contribution is -2.13. The quantitative estimate of drug-likeness (QED) is 0.627. The van der Waals surface area contributed by atoms with Gasteiger partial charge >= 0.3 is 0 Å². The summed E-state index contributed by atoms with van der Waals surface area (Å²) in [5.41, 5.74) is 6.98. The summed E-state index contributed by atoms with van der Waals surface area (Å²) in [6.07, 6.45) is 13.5. The van der Waals surface area contributed by atoms with E-state index >= 15 is 0 Å². The maximum Gasteiger partial charge on any atom is 0.161 e. The third-order valence-corrected chi connectivity index (χ3v) is 6.06. The van der Waals surface area contributed by atoms with Crippen LogP contribution in [0.3, 0.4) is 0 Å². The molecule has 6 nitrogen and oxygen atoms in total. The van der Waals surface area contributed by atoms with Gasteiger partial charge < -0.3 is 18.6 Å². The summed E-state index contributed by atoms with van der Waals surface area (Å²) in [6.45, 7) is 3.82. The Morgan fingerprint density at radius 3 is 2.70 bits per heavy atom. The first-order valence-corrected chi connectivity index (χ1v) is 10.4. The fraction of sp³-hybridized carbons (Fsp3) is 0.333. The summed E-state index contributed by atoms with van der Waals surface area (Å²) in [7, 11) is 3.36. The van der Waals surface area contributed by atoms with Crippen LogP contribution in [0.4, 0.5) is 0 Å². The Bertz CT molecular complexity index is 1170. The summed E-state index contributed by atoms with van der Waals surface area (Å²) in [6, 6.07) is 4.18. The van der Waals surface area contributed by atoms with Crippen LogP contribution in [0.2, 0.25) is 0 Å². The van der Waals surface area contributed by atoms with Gasteiger partial charge in [-0.05, 0) is 43.9 Å². The van der Waals surface area contributed by atoms with Gasteiger partial charge in [0, 0.05) is 18.7 Å². The minimum absolute atomic E-state index is 0.738. The summed E-state index contributed by atoms with van der Waals surface area (Å²) >= 11 is 0. The number of imidazole rings is 2. The second-order valence-corrected chi connectivity index (χ2v) is 7.82. The van der Waals surface area contributed by atoms with E-state index < -0.39 is 0 Å². The Morgan fingerprint density at radius 1 is 1.10 bits per heavy atom. The van der Waals surface area contributed by atoms with Crippen molar-refractivity contribution in [3.8, 4) is 34.1 Å². The maximum absolute atomic E-state index is 5.59. The van der Waals surface area contributed by atoms with Gasteiger partial charge in [-0.15, -0.1) is 0 Å².